The van der Waals surface area contributed by atoms with Crippen molar-refractivity contribution >= 4 is 18.2 Å². The van der Waals surface area contributed by atoms with Gasteiger partial charge in [0, 0.05) is 37.5 Å². The molecule has 18 heavy (non-hydrogen) atoms. The molecular formula is C11H17ClFN5. The highest BCUT2D eigenvalue weighted by Crippen LogP contribution is 2.11. The number of nitrogens with zero attached hydrogens (tertiary/aromatic N) is 4. The predicted octanol–water partition coefficient (Wildman–Crippen LogP) is 2.12. The van der Waals surface area contributed by atoms with E-state index in [1.54, 1.807) is 10.9 Å². The summed E-state index contributed by atoms with van der Waals surface area (Å²) in [4.78, 5) is 0. The van der Waals surface area contributed by atoms with E-state index < -0.39 is 0 Å². The third kappa shape index (κ3) is 2.81. The van der Waals surface area contributed by atoms with E-state index in [0.29, 0.717) is 18.7 Å². The minimum absolute atomic E-state index is 0. The molecule has 0 radical (unpaired) electrons. The highest BCUT2D eigenvalue weighted by atomic mass is 35.5. The molecule has 5 nitrogen and oxygen atoms in total. The van der Waals surface area contributed by atoms with Gasteiger partial charge in [-0.2, -0.15) is 14.6 Å². The van der Waals surface area contributed by atoms with Gasteiger partial charge >= 0.3 is 0 Å². The van der Waals surface area contributed by atoms with Crippen LogP contribution in [0.5, 0.6) is 0 Å². The van der Waals surface area contributed by atoms with E-state index in [4.69, 9.17) is 0 Å². The van der Waals surface area contributed by atoms with Crippen molar-refractivity contribution in [3.05, 3.63) is 29.5 Å². The van der Waals surface area contributed by atoms with Gasteiger partial charge in [0.25, 0.3) is 0 Å². The van der Waals surface area contributed by atoms with Crippen LogP contribution in [-0.4, -0.2) is 19.6 Å². The Bertz CT molecular complexity index is 500. The molecule has 0 aliphatic rings. The first kappa shape index (κ1) is 14.5. The van der Waals surface area contributed by atoms with E-state index >= 15 is 0 Å². The SMILES string of the molecule is CCn1ncc(CNc2cc(C)n(C)n2)c1F.Cl. The standard InChI is InChI=1S/C11H16FN5.ClH/c1-4-17-11(12)9(7-14-17)6-13-10-5-8(2)16(3)15-10;/h5,7H,4,6H2,1-3H3,(H,13,15);1H. The molecule has 2 rings (SSSR count). The van der Waals surface area contributed by atoms with Crippen molar-refractivity contribution in [3.63, 3.8) is 0 Å². The van der Waals surface area contributed by atoms with Gasteiger partial charge in [-0.1, -0.05) is 0 Å². The van der Waals surface area contributed by atoms with Crippen LogP contribution < -0.4 is 5.32 Å². The van der Waals surface area contributed by atoms with Crippen molar-refractivity contribution in [2.45, 2.75) is 26.9 Å². The topological polar surface area (TPSA) is 47.7 Å². The molecule has 0 amide bonds. The van der Waals surface area contributed by atoms with Crippen LogP contribution in [0.25, 0.3) is 0 Å². The maximum Gasteiger partial charge on any atom is 0.216 e. The zero-order valence-electron chi connectivity index (χ0n) is 10.6. The second-order valence-electron chi connectivity index (χ2n) is 3.92. The first-order chi connectivity index (χ1) is 8.11. The van der Waals surface area contributed by atoms with Crippen molar-refractivity contribution in [1.29, 1.82) is 0 Å². The normalized spacial score (nSPS) is 10.2. The molecule has 2 aromatic heterocycles. The summed E-state index contributed by atoms with van der Waals surface area (Å²) in [6, 6.07) is 1.92. The van der Waals surface area contributed by atoms with Crippen LogP contribution in [0, 0.1) is 12.9 Å². The fraction of sp³-hybridized carbons (Fsp3) is 0.455. The van der Waals surface area contributed by atoms with Gasteiger partial charge in [0.1, 0.15) is 5.82 Å². The summed E-state index contributed by atoms with van der Waals surface area (Å²) in [5, 5.41) is 11.3. The first-order valence-electron chi connectivity index (χ1n) is 5.56. The van der Waals surface area contributed by atoms with Gasteiger partial charge in [0.15, 0.2) is 0 Å². The molecule has 1 N–H and O–H groups in total. The lowest BCUT2D eigenvalue weighted by Crippen LogP contribution is -2.04. The largest absolute Gasteiger partial charge is 0.364 e. The third-order valence-corrected chi connectivity index (χ3v) is 2.72. The quantitative estimate of drug-likeness (QED) is 0.928. The Morgan fingerprint density at radius 3 is 2.67 bits per heavy atom. The molecule has 0 spiro atoms. The average Bonchev–Trinajstić information content (AvgIpc) is 2.81. The highest BCUT2D eigenvalue weighted by molar-refractivity contribution is 5.85. The zero-order chi connectivity index (χ0) is 12.4. The van der Waals surface area contributed by atoms with E-state index in [1.807, 2.05) is 27.0 Å². The zero-order valence-corrected chi connectivity index (χ0v) is 11.5. The summed E-state index contributed by atoms with van der Waals surface area (Å²) in [7, 11) is 1.87. The van der Waals surface area contributed by atoms with Crippen LogP contribution in [0.3, 0.4) is 0 Å². The minimum atomic E-state index is -0.285. The van der Waals surface area contributed by atoms with Crippen LogP contribution in [0.1, 0.15) is 18.2 Å². The lowest BCUT2D eigenvalue weighted by atomic mass is 10.3. The summed E-state index contributed by atoms with van der Waals surface area (Å²) in [6.45, 7) is 4.75. The van der Waals surface area contributed by atoms with Gasteiger partial charge in [-0.05, 0) is 13.8 Å². The van der Waals surface area contributed by atoms with E-state index in [1.165, 1.54) is 4.68 Å². The van der Waals surface area contributed by atoms with Gasteiger partial charge in [-0.3, -0.25) is 4.68 Å². The molecule has 0 atom stereocenters. The van der Waals surface area contributed by atoms with Crippen LogP contribution in [0.15, 0.2) is 12.3 Å². The van der Waals surface area contributed by atoms with Crippen molar-refractivity contribution in [1.82, 2.24) is 19.6 Å². The summed E-state index contributed by atoms with van der Waals surface area (Å²) in [5.74, 6) is 0.460. The summed E-state index contributed by atoms with van der Waals surface area (Å²) in [5.41, 5.74) is 1.60. The van der Waals surface area contributed by atoms with Gasteiger partial charge in [-0.15, -0.1) is 12.4 Å². The van der Waals surface area contributed by atoms with E-state index in [-0.39, 0.29) is 18.4 Å². The van der Waals surface area contributed by atoms with Gasteiger partial charge in [-0.25, -0.2) is 4.68 Å². The fourth-order valence-electron chi connectivity index (χ4n) is 1.58. The summed E-state index contributed by atoms with van der Waals surface area (Å²) >= 11 is 0. The Morgan fingerprint density at radius 1 is 1.44 bits per heavy atom. The number of nitrogens with one attached hydrogen (secondary N) is 1. The fourth-order valence-corrected chi connectivity index (χ4v) is 1.58. The molecule has 2 aromatic rings. The summed E-state index contributed by atoms with van der Waals surface area (Å²) < 4.78 is 16.8. The number of aryl methyl sites for hydroxylation is 3. The van der Waals surface area contributed by atoms with Crippen LogP contribution in [-0.2, 0) is 20.1 Å². The van der Waals surface area contributed by atoms with Gasteiger partial charge in [0.05, 0.1) is 6.20 Å². The smallest absolute Gasteiger partial charge is 0.216 e. The average molecular weight is 274 g/mol. The van der Waals surface area contributed by atoms with Crippen LogP contribution in [0.2, 0.25) is 0 Å². The lowest BCUT2D eigenvalue weighted by molar-refractivity contribution is 0.465. The monoisotopic (exact) mass is 273 g/mol. The second kappa shape index (κ2) is 5.86. The molecule has 0 aromatic carbocycles. The van der Waals surface area contributed by atoms with E-state index in [2.05, 4.69) is 15.5 Å². The molecule has 0 aliphatic carbocycles. The second-order valence-corrected chi connectivity index (χ2v) is 3.92. The molecule has 0 saturated heterocycles. The van der Waals surface area contributed by atoms with Crippen molar-refractivity contribution in [3.8, 4) is 0 Å². The molecule has 0 saturated carbocycles. The minimum Gasteiger partial charge on any atom is -0.364 e. The Balaban J connectivity index is 0.00000162. The summed E-state index contributed by atoms with van der Waals surface area (Å²) in [6.07, 6.45) is 1.54. The molecule has 100 valence electrons. The molecule has 0 bridgehead atoms. The first-order valence-corrected chi connectivity index (χ1v) is 5.56. The number of rotatable bonds is 4. The van der Waals surface area contributed by atoms with E-state index in [0.717, 1.165) is 11.5 Å². The van der Waals surface area contributed by atoms with Crippen LogP contribution >= 0.6 is 12.4 Å². The maximum atomic E-state index is 13.7. The van der Waals surface area contributed by atoms with Gasteiger partial charge in [0.2, 0.25) is 5.95 Å². The lowest BCUT2D eigenvalue weighted by Gasteiger charge is -2.01. The van der Waals surface area contributed by atoms with Crippen LogP contribution in [0.4, 0.5) is 10.2 Å². The van der Waals surface area contributed by atoms with Crippen molar-refractivity contribution in [2.24, 2.45) is 7.05 Å². The Morgan fingerprint density at radius 2 is 2.17 bits per heavy atom. The predicted molar refractivity (Wildman–Crippen MR) is 70.4 cm³/mol. The molecule has 0 unspecified atom stereocenters. The molecule has 0 fully saturated rings. The maximum absolute atomic E-state index is 13.7. The highest BCUT2D eigenvalue weighted by Gasteiger charge is 2.09. The Kier molecular flexibility index (Phi) is 4.72. The number of hydrogen-bond acceptors (Lipinski definition) is 3. The van der Waals surface area contributed by atoms with Crippen molar-refractivity contribution in [2.75, 3.05) is 5.32 Å². The van der Waals surface area contributed by atoms with E-state index in [9.17, 15) is 4.39 Å². The van der Waals surface area contributed by atoms with Crippen molar-refractivity contribution < 1.29 is 4.39 Å². The third-order valence-electron chi connectivity index (χ3n) is 2.72. The number of halogens is 2. The molecule has 2 heterocycles. The molecular weight excluding hydrogens is 257 g/mol. The Labute approximate surface area is 111 Å². The molecule has 0 aliphatic heterocycles. The number of anilines is 1. The number of aromatic nitrogens is 4. The Hall–Kier alpha value is -1.56. The number of hydrogen-bond donors (Lipinski definition) is 1. The van der Waals surface area contributed by atoms with Gasteiger partial charge < -0.3 is 5.32 Å². The molecule has 7 heteroatoms.